The van der Waals surface area contributed by atoms with Crippen molar-refractivity contribution in [3.8, 4) is 5.75 Å². The quantitative estimate of drug-likeness (QED) is 0.386. The highest BCUT2D eigenvalue weighted by atomic mass is 79.9. The largest absolute Gasteiger partial charge is 0.506 e. The molecule has 0 bridgehead atoms. The van der Waals surface area contributed by atoms with Crippen molar-refractivity contribution in [3.05, 3.63) is 62.6 Å². The number of carbonyl (C=O) groups excluding carboxylic acids is 2. The highest BCUT2D eigenvalue weighted by Gasteiger charge is 2.13. The number of nitro groups is 1. The van der Waals surface area contributed by atoms with E-state index in [-0.39, 0.29) is 36.0 Å². The second-order valence-electron chi connectivity index (χ2n) is 5.02. The average Bonchev–Trinajstić information content (AvgIpc) is 2.57. The van der Waals surface area contributed by atoms with Gasteiger partial charge in [-0.3, -0.25) is 19.7 Å². The lowest BCUT2D eigenvalue weighted by Crippen LogP contribution is -2.27. The number of aromatic hydroxyl groups is 1. The lowest BCUT2D eigenvalue weighted by atomic mass is 10.2. The van der Waals surface area contributed by atoms with E-state index in [0.717, 1.165) is 22.7 Å². The Bertz CT molecular complexity index is 808. The number of nitro benzene ring substituents is 1. The van der Waals surface area contributed by atoms with E-state index in [2.05, 4.69) is 26.6 Å². The van der Waals surface area contributed by atoms with Crippen LogP contribution >= 0.6 is 15.9 Å². The number of rotatable bonds is 6. The van der Waals surface area contributed by atoms with E-state index in [0.29, 0.717) is 5.56 Å². The Balaban J connectivity index is 1.87. The molecule has 2 amide bonds. The predicted molar refractivity (Wildman–Crippen MR) is 94.5 cm³/mol. The summed E-state index contributed by atoms with van der Waals surface area (Å²) in [4.78, 5) is 33.8. The fourth-order valence-electron chi connectivity index (χ4n) is 1.94. The molecule has 2 aromatic carbocycles. The van der Waals surface area contributed by atoms with Crippen molar-refractivity contribution in [3.63, 3.8) is 0 Å². The van der Waals surface area contributed by atoms with Gasteiger partial charge in [0.1, 0.15) is 5.75 Å². The van der Waals surface area contributed by atoms with Gasteiger partial charge in [-0.25, -0.2) is 0 Å². The van der Waals surface area contributed by atoms with Gasteiger partial charge in [0.05, 0.1) is 10.6 Å². The van der Waals surface area contributed by atoms with Gasteiger partial charge < -0.3 is 15.7 Å². The molecular formula is C16H14BrN3O5. The number of benzene rings is 2. The highest BCUT2D eigenvalue weighted by Crippen LogP contribution is 2.27. The van der Waals surface area contributed by atoms with Crippen LogP contribution < -0.4 is 10.6 Å². The molecule has 2 aromatic rings. The minimum absolute atomic E-state index is 0.0512. The Morgan fingerprint density at radius 1 is 1.16 bits per heavy atom. The topological polar surface area (TPSA) is 122 Å². The maximum Gasteiger partial charge on any atom is 0.271 e. The minimum Gasteiger partial charge on any atom is -0.506 e. The summed E-state index contributed by atoms with van der Waals surface area (Å²) in [6.07, 6.45) is -0.0512. The van der Waals surface area contributed by atoms with Crippen LogP contribution in [0.4, 0.5) is 11.4 Å². The second-order valence-corrected chi connectivity index (χ2v) is 5.94. The van der Waals surface area contributed by atoms with E-state index in [1.807, 2.05) is 0 Å². The summed E-state index contributed by atoms with van der Waals surface area (Å²) in [5, 5.41) is 25.3. The molecule has 0 spiro atoms. The van der Waals surface area contributed by atoms with Gasteiger partial charge in [0.2, 0.25) is 5.91 Å². The Hall–Kier alpha value is -2.94. The molecular weight excluding hydrogens is 394 g/mol. The van der Waals surface area contributed by atoms with Crippen LogP contribution in [-0.2, 0) is 4.79 Å². The fourth-order valence-corrected chi connectivity index (χ4v) is 2.21. The normalized spacial score (nSPS) is 10.1. The van der Waals surface area contributed by atoms with Gasteiger partial charge in [-0.05, 0) is 30.3 Å². The van der Waals surface area contributed by atoms with E-state index in [1.54, 1.807) is 24.3 Å². The monoisotopic (exact) mass is 407 g/mol. The van der Waals surface area contributed by atoms with Crippen molar-refractivity contribution in [1.82, 2.24) is 5.32 Å². The summed E-state index contributed by atoms with van der Waals surface area (Å²) in [5.41, 5.74) is 0.148. The lowest BCUT2D eigenvalue weighted by Gasteiger charge is -2.08. The number of nitrogens with zero attached hydrogens (tertiary/aromatic N) is 1. The summed E-state index contributed by atoms with van der Waals surface area (Å²) < 4.78 is 0.847. The molecule has 0 saturated heterocycles. The summed E-state index contributed by atoms with van der Waals surface area (Å²) >= 11 is 3.27. The summed E-state index contributed by atoms with van der Waals surface area (Å²) in [6, 6.07) is 10.1. The smallest absolute Gasteiger partial charge is 0.271 e. The van der Waals surface area contributed by atoms with E-state index in [4.69, 9.17) is 0 Å². The minimum atomic E-state index is -0.631. The maximum absolute atomic E-state index is 11.9. The standard InChI is InChI=1S/C16H14BrN3O5/c17-11-3-1-10(2-4-11)16(23)18-8-7-15(22)19-13-9-12(20(24)25)5-6-14(13)21/h1-6,9,21H,7-8H2,(H,18,23)(H,19,22). The van der Waals surface area contributed by atoms with Crippen molar-refractivity contribution in [2.24, 2.45) is 0 Å². The van der Waals surface area contributed by atoms with Crippen LogP contribution in [0.3, 0.4) is 0 Å². The number of phenolic OH excluding ortho intramolecular Hbond substituents is 1. The number of halogens is 1. The van der Waals surface area contributed by atoms with Crippen molar-refractivity contribution < 1.29 is 19.6 Å². The third-order valence-electron chi connectivity index (χ3n) is 3.21. The highest BCUT2D eigenvalue weighted by molar-refractivity contribution is 9.10. The van der Waals surface area contributed by atoms with Crippen LogP contribution in [-0.4, -0.2) is 28.4 Å². The lowest BCUT2D eigenvalue weighted by molar-refractivity contribution is -0.384. The zero-order valence-electron chi connectivity index (χ0n) is 12.9. The number of phenols is 1. The van der Waals surface area contributed by atoms with Crippen LogP contribution in [0.1, 0.15) is 16.8 Å². The van der Waals surface area contributed by atoms with Crippen LogP contribution in [0.5, 0.6) is 5.75 Å². The van der Waals surface area contributed by atoms with Gasteiger partial charge in [-0.15, -0.1) is 0 Å². The third-order valence-corrected chi connectivity index (χ3v) is 3.74. The Morgan fingerprint density at radius 2 is 1.84 bits per heavy atom. The summed E-state index contributed by atoms with van der Waals surface area (Å²) in [5.74, 6) is -1.09. The molecule has 0 fully saturated rings. The van der Waals surface area contributed by atoms with E-state index < -0.39 is 10.8 Å². The van der Waals surface area contributed by atoms with Crippen molar-refractivity contribution in [2.45, 2.75) is 6.42 Å². The van der Waals surface area contributed by atoms with E-state index in [9.17, 15) is 24.8 Å². The first kappa shape index (κ1) is 18.4. The molecule has 0 saturated carbocycles. The zero-order chi connectivity index (χ0) is 18.4. The molecule has 0 aliphatic carbocycles. The molecule has 0 aromatic heterocycles. The average molecular weight is 408 g/mol. The summed E-state index contributed by atoms with van der Waals surface area (Å²) in [7, 11) is 0. The Kier molecular flexibility index (Phi) is 6.07. The molecule has 0 atom stereocenters. The molecule has 3 N–H and O–H groups in total. The zero-order valence-corrected chi connectivity index (χ0v) is 14.4. The Labute approximate surface area is 151 Å². The third kappa shape index (κ3) is 5.28. The van der Waals surface area contributed by atoms with Crippen molar-refractivity contribution in [1.29, 1.82) is 0 Å². The SMILES string of the molecule is O=C(CCNC(=O)c1ccc(Br)cc1)Nc1cc([N+](=O)[O-])ccc1O. The molecule has 2 rings (SSSR count). The van der Waals surface area contributed by atoms with E-state index >= 15 is 0 Å². The first-order valence-electron chi connectivity index (χ1n) is 7.18. The van der Waals surface area contributed by atoms with Gasteiger partial charge in [-0.2, -0.15) is 0 Å². The predicted octanol–water partition coefficient (Wildman–Crippen LogP) is 2.82. The van der Waals surface area contributed by atoms with E-state index in [1.165, 1.54) is 0 Å². The molecule has 9 heteroatoms. The molecule has 8 nitrogen and oxygen atoms in total. The molecule has 0 heterocycles. The number of amides is 2. The van der Waals surface area contributed by atoms with Crippen LogP contribution in [0.15, 0.2) is 46.9 Å². The number of non-ortho nitro benzene ring substituents is 1. The molecule has 0 unspecified atom stereocenters. The van der Waals surface area contributed by atoms with Gasteiger partial charge in [0, 0.05) is 35.1 Å². The fraction of sp³-hybridized carbons (Fsp3) is 0.125. The van der Waals surface area contributed by atoms with Gasteiger partial charge >= 0.3 is 0 Å². The first-order chi connectivity index (χ1) is 11.9. The number of hydrogen-bond donors (Lipinski definition) is 3. The maximum atomic E-state index is 11.9. The van der Waals surface area contributed by atoms with Crippen molar-refractivity contribution in [2.75, 3.05) is 11.9 Å². The van der Waals surface area contributed by atoms with Gasteiger partial charge in [0.25, 0.3) is 11.6 Å². The number of nitrogens with one attached hydrogen (secondary N) is 2. The van der Waals surface area contributed by atoms with Gasteiger partial charge in [-0.1, -0.05) is 15.9 Å². The molecule has 0 radical (unpaired) electrons. The van der Waals surface area contributed by atoms with Gasteiger partial charge in [0.15, 0.2) is 0 Å². The first-order valence-corrected chi connectivity index (χ1v) is 7.97. The number of hydrogen-bond acceptors (Lipinski definition) is 5. The molecule has 25 heavy (non-hydrogen) atoms. The van der Waals surface area contributed by atoms with Crippen LogP contribution in [0, 0.1) is 10.1 Å². The van der Waals surface area contributed by atoms with Crippen LogP contribution in [0.2, 0.25) is 0 Å². The number of carbonyl (C=O) groups is 2. The summed E-state index contributed by atoms with van der Waals surface area (Å²) in [6.45, 7) is 0.0798. The molecule has 0 aliphatic rings. The molecule has 0 aliphatic heterocycles. The Morgan fingerprint density at radius 3 is 2.48 bits per heavy atom. The van der Waals surface area contributed by atoms with Crippen molar-refractivity contribution >= 4 is 39.1 Å². The molecule has 130 valence electrons. The van der Waals surface area contributed by atoms with Crippen LogP contribution in [0.25, 0.3) is 0 Å². The number of anilines is 1. The second kappa shape index (κ2) is 8.25.